The van der Waals surface area contributed by atoms with Gasteiger partial charge in [0.05, 0.1) is 0 Å². The largest absolute Gasteiger partial charge is 0.370 e. The van der Waals surface area contributed by atoms with Crippen LogP contribution < -0.4 is 16.5 Å². The Bertz CT molecular complexity index is 361. The summed E-state index contributed by atoms with van der Waals surface area (Å²) in [5, 5.41) is 5.32. The highest BCUT2D eigenvalue weighted by atomic mass is 15.5. The zero-order valence-electron chi connectivity index (χ0n) is 10.2. The molecule has 4 N–H and O–H groups in total. The number of rotatable bonds is 4. The normalized spacial score (nSPS) is 16.8. The Morgan fingerprint density at radius 3 is 2.65 bits per heavy atom. The predicted molar refractivity (Wildman–Crippen MR) is 69.7 cm³/mol. The monoisotopic (exact) mass is 236 g/mol. The maximum Gasteiger partial charge on any atom is 0.223 e. The molecule has 1 aliphatic heterocycles. The fourth-order valence-corrected chi connectivity index (χ4v) is 1.96. The van der Waals surface area contributed by atoms with Crippen LogP contribution in [-0.4, -0.2) is 34.6 Å². The van der Waals surface area contributed by atoms with E-state index in [1.54, 1.807) is 0 Å². The number of aromatic nitrogens is 2. The molecule has 1 fully saturated rings. The first-order valence-electron chi connectivity index (χ1n) is 6.18. The topological polar surface area (TPSA) is 79.1 Å². The number of hydrogen-bond acceptors (Lipinski definition) is 6. The van der Waals surface area contributed by atoms with Gasteiger partial charge in [0.25, 0.3) is 0 Å². The van der Waals surface area contributed by atoms with Gasteiger partial charge in [-0.15, -0.1) is 0 Å². The third-order valence-electron chi connectivity index (χ3n) is 2.73. The van der Waals surface area contributed by atoms with Crippen molar-refractivity contribution in [3.63, 3.8) is 0 Å². The quantitative estimate of drug-likeness (QED) is 0.731. The maximum absolute atomic E-state index is 5.67. The standard InChI is InChI=1S/C11H20N6/c1-2-13-9-8-10(15-11(12)14-9)16-17-6-4-3-5-7-17/h8H,2-7H2,1H3,(H4,12,13,14,15,16). The van der Waals surface area contributed by atoms with E-state index in [9.17, 15) is 0 Å². The highest BCUT2D eigenvalue weighted by Crippen LogP contribution is 2.15. The molecule has 1 aliphatic rings. The fourth-order valence-electron chi connectivity index (χ4n) is 1.96. The number of nitrogens with zero attached hydrogens (tertiary/aromatic N) is 3. The second kappa shape index (κ2) is 5.67. The van der Waals surface area contributed by atoms with Crippen molar-refractivity contribution < 1.29 is 0 Å². The van der Waals surface area contributed by atoms with Crippen molar-refractivity contribution in [2.75, 3.05) is 36.1 Å². The number of piperidine rings is 1. The van der Waals surface area contributed by atoms with Crippen molar-refractivity contribution in [1.29, 1.82) is 0 Å². The zero-order chi connectivity index (χ0) is 12.1. The van der Waals surface area contributed by atoms with Gasteiger partial charge in [0, 0.05) is 25.7 Å². The molecule has 2 heterocycles. The lowest BCUT2D eigenvalue weighted by Crippen LogP contribution is -2.35. The molecular weight excluding hydrogens is 216 g/mol. The van der Waals surface area contributed by atoms with Gasteiger partial charge >= 0.3 is 0 Å². The summed E-state index contributed by atoms with van der Waals surface area (Å²) in [5.74, 6) is 1.82. The lowest BCUT2D eigenvalue weighted by Gasteiger charge is -2.27. The van der Waals surface area contributed by atoms with E-state index in [1.165, 1.54) is 19.3 Å². The van der Waals surface area contributed by atoms with Crippen molar-refractivity contribution in [2.24, 2.45) is 0 Å². The van der Waals surface area contributed by atoms with Crippen LogP contribution in [0, 0.1) is 0 Å². The summed E-state index contributed by atoms with van der Waals surface area (Å²) in [6.45, 7) is 4.95. The molecule has 0 bridgehead atoms. The van der Waals surface area contributed by atoms with E-state index in [0.717, 1.165) is 31.3 Å². The molecule has 1 aromatic heterocycles. The molecule has 0 aliphatic carbocycles. The average Bonchev–Trinajstić information content (AvgIpc) is 2.30. The van der Waals surface area contributed by atoms with Crippen molar-refractivity contribution in [3.05, 3.63) is 6.07 Å². The lowest BCUT2D eigenvalue weighted by atomic mass is 10.2. The van der Waals surface area contributed by atoms with Gasteiger partial charge in [-0.05, 0) is 19.8 Å². The minimum absolute atomic E-state index is 0.294. The van der Waals surface area contributed by atoms with Gasteiger partial charge in [-0.25, -0.2) is 5.01 Å². The van der Waals surface area contributed by atoms with Crippen LogP contribution in [-0.2, 0) is 0 Å². The summed E-state index contributed by atoms with van der Waals surface area (Å²) in [6, 6.07) is 1.88. The Labute approximate surface area is 102 Å². The van der Waals surface area contributed by atoms with Crippen LogP contribution in [0.4, 0.5) is 17.6 Å². The molecule has 0 saturated carbocycles. The van der Waals surface area contributed by atoms with E-state index < -0.39 is 0 Å². The van der Waals surface area contributed by atoms with Gasteiger partial charge in [0.1, 0.15) is 11.6 Å². The second-order valence-electron chi connectivity index (χ2n) is 4.19. The van der Waals surface area contributed by atoms with E-state index >= 15 is 0 Å². The highest BCUT2D eigenvalue weighted by Gasteiger charge is 2.11. The molecule has 17 heavy (non-hydrogen) atoms. The summed E-state index contributed by atoms with van der Waals surface area (Å²) < 4.78 is 0. The molecule has 2 rings (SSSR count). The van der Waals surface area contributed by atoms with Crippen LogP contribution in [0.1, 0.15) is 26.2 Å². The Morgan fingerprint density at radius 1 is 1.24 bits per heavy atom. The third-order valence-corrected chi connectivity index (χ3v) is 2.73. The molecule has 1 saturated heterocycles. The summed E-state index contributed by atoms with van der Waals surface area (Å²) in [6.07, 6.45) is 3.77. The molecule has 0 radical (unpaired) electrons. The van der Waals surface area contributed by atoms with E-state index in [4.69, 9.17) is 5.73 Å². The smallest absolute Gasteiger partial charge is 0.223 e. The average molecular weight is 236 g/mol. The van der Waals surface area contributed by atoms with E-state index in [-0.39, 0.29) is 0 Å². The summed E-state index contributed by atoms with van der Waals surface area (Å²) in [7, 11) is 0. The number of hydrazine groups is 1. The number of nitrogen functional groups attached to an aromatic ring is 1. The molecule has 0 atom stereocenters. The number of nitrogens with two attached hydrogens (primary N) is 1. The molecule has 0 unspecified atom stereocenters. The van der Waals surface area contributed by atoms with Gasteiger partial charge in [-0.1, -0.05) is 6.42 Å². The van der Waals surface area contributed by atoms with Crippen LogP contribution in [0.15, 0.2) is 6.07 Å². The summed E-state index contributed by atoms with van der Waals surface area (Å²) in [4.78, 5) is 8.30. The van der Waals surface area contributed by atoms with Crippen molar-refractivity contribution >= 4 is 17.6 Å². The van der Waals surface area contributed by atoms with Crippen molar-refractivity contribution in [1.82, 2.24) is 15.0 Å². The maximum atomic E-state index is 5.67. The van der Waals surface area contributed by atoms with E-state index in [1.807, 2.05) is 13.0 Å². The Morgan fingerprint density at radius 2 is 1.94 bits per heavy atom. The molecule has 6 nitrogen and oxygen atoms in total. The van der Waals surface area contributed by atoms with Gasteiger partial charge in [0.2, 0.25) is 5.95 Å². The first-order valence-corrected chi connectivity index (χ1v) is 6.18. The predicted octanol–water partition coefficient (Wildman–Crippen LogP) is 1.30. The van der Waals surface area contributed by atoms with Gasteiger partial charge < -0.3 is 16.5 Å². The van der Waals surface area contributed by atoms with E-state index in [0.29, 0.717) is 5.95 Å². The molecule has 0 spiro atoms. The SMILES string of the molecule is CCNc1cc(NN2CCCCC2)nc(N)n1. The molecule has 1 aromatic rings. The molecule has 6 heteroatoms. The summed E-state index contributed by atoms with van der Waals surface area (Å²) in [5.41, 5.74) is 8.96. The fraction of sp³-hybridized carbons (Fsp3) is 0.636. The molecule has 0 amide bonds. The first-order chi connectivity index (χ1) is 8.28. The Hall–Kier alpha value is -1.56. The van der Waals surface area contributed by atoms with Crippen molar-refractivity contribution in [2.45, 2.75) is 26.2 Å². The van der Waals surface area contributed by atoms with Crippen LogP contribution in [0.25, 0.3) is 0 Å². The van der Waals surface area contributed by atoms with Crippen LogP contribution in [0.5, 0.6) is 0 Å². The number of hydrogen-bond donors (Lipinski definition) is 3. The van der Waals surface area contributed by atoms with Gasteiger partial charge in [0.15, 0.2) is 0 Å². The second-order valence-corrected chi connectivity index (χ2v) is 4.19. The lowest BCUT2D eigenvalue weighted by molar-refractivity contribution is 0.272. The Balaban J connectivity index is 2.03. The number of anilines is 3. The molecule has 0 aromatic carbocycles. The van der Waals surface area contributed by atoms with E-state index in [2.05, 4.69) is 25.7 Å². The van der Waals surface area contributed by atoms with Crippen LogP contribution in [0.2, 0.25) is 0 Å². The molecule has 94 valence electrons. The minimum atomic E-state index is 0.294. The molecular formula is C11H20N6. The van der Waals surface area contributed by atoms with Gasteiger partial charge in [-0.3, -0.25) is 0 Å². The third kappa shape index (κ3) is 3.45. The summed E-state index contributed by atoms with van der Waals surface area (Å²) >= 11 is 0. The van der Waals surface area contributed by atoms with Gasteiger partial charge in [-0.2, -0.15) is 9.97 Å². The van der Waals surface area contributed by atoms with Crippen LogP contribution in [0.3, 0.4) is 0 Å². The zero-order valence-corrected chi connectivity index (χ0v) is 10.2. The minimum Gasteiger partial charge on any atom is -0.370 e. The van der Waals surface area contributed by atoms with Crippen LogP contribution >= 0.6 is 0 Å². The highest BCUT2D eigenvalue weighted by molar-refractivity contribution is 5.50. The Kier molecular flexibility index (Phi) is 3.98. The number of nitrogens with one attached hydrogen (secondary N) is 2. The first kappa shape index (κ1) is 11.9. The van der Waals surface area contributed by atoms with Crippen molar-refractivity contribution in [3.8, 4) is 0 Å².